The molecule has 1 fully saturated rings. The lowest BCUT2D eigenvalue weighted by molar-refractivity contribution is -0.127. The highest BCUT2D eigenvalue weighted by molar-refractivity contribution is 8.01. The number of methoxy groups -OCH3 is 4. The molecule has 5 rings (SSSR count). The van der Waals surface area contributed by atoms with E-state index in [0.717, 1.165) is 54.2 Å². The maximum Gasteiger partial charge on any atom is 0.248 e. The Labute approximate surface area is 276 Å². The number of hydrogen-bond donors (Lipinski definition) is 0. The summed E-state index contributed by atoms with van der Waals surface area (Å²) in [4.78, 5) is 34.3. The zero-order chi connectivity index (χ0) is 32.7. The number of hydrogen-bond acceptors (Lipinski definition) is 8. The topological polar surface area (TPSA) is 80.8 Å². The summed E-state index contributed by atoms with van der Waals surface area (Å²) < 4.78 is 21.2. The second kappa shape index (κ2) is 15.0. The number of amides is 2. The van der Waals surface area contributed by atoms with E-state index in [-0.39, 0.29) is 11.8 Å². The van der Waals surface area contributed by atoms with E-state index < -0.39 is 4.75 Å². The van der Waals surface area contributed by atoms with Gasteiger partial charge in [-0.1, -0.05) is 18.2 Å². The first-order valence-corrected chi connectivity index (χ1v) is 16.3. The standard InChI is InChI=1S/C36H43N3O6S/c1-37-29-10-6-7-11-33(29)46-36(35(37)41,28-25-27(42-2)14-16-30(28)43-3)18-8-9-19-38-20-22-39(23-21-38)34(40)17-13-26-12-15-31(44-4)32(24-26)45-5/h6-7,10-17,24-25H,8-9,18-23H2,1-5H3/b17-13+. The SMILES string of the molecule is COc1ccc(OC)c(C2(CCCCN3CCN(C(=O)/C=C/c4ccc(OC)c(OC)c4)CC3)Sc3ccccc3N(C)C2=O)c1. The van der Waals surface area contributed by atoms with Gasteiger partial charge >= 0.3 is 0 Å². The lowest BCUT2D eigenvalue weighted by Crippen LogP contribution is -2.48. The van der Waals surface area contributed by atoms with Gasteiger partial charge < -0.3 is 28.7 Å². The molecule has 1 atom stereocenters. The molecule has 0 bridgehead atoms. The summed E-state index contributed by atoms with van der Waals surface area (Å²) in [7, 11) is 8.33. The Bertz CT molecular complexity index is 1570. The summed E-state index contributed by atoms with van der Waals surface area (Å²) in [5.41, 5.74) is 2.62. The van der Waals surface area contributed by atoms with Gasteiger partial charge in [0.25, 0.3) is 0 Å². The van der Waals surface area contributed by atoms with E-state index in [1.54, 1.807) is 51.2 Å². The molecule has 0 saturated carbocycles. The van der Waals surface area contributed by atoms with Crippen molar-refractivity contribution in [2.24, 2.45) is 0 Å². The molecule has 0 N–H and O–H groups in total. The number of fused-ring (bicyclic) bond motifs is 1. The van der Waals surface area contributed by atoms with E-state index >= 15 is 0 Å². The number of unbranched alkanes of at least 4 members (excludes halogenated alkanes) is 1. The molecule has 244 valence electrons. The first-order chi connectivity index (χ1) is 22.3. The maximum atomic E-state index is 14.2. The van der Waals surface area contributed by atoms with Gasteiger partial charge in [0.05, 0.1) is 34.1 Å². The predicted molar refractivity (Wildman–Crippen MR) is 182 cm³/mol. The molecule has 2 aliphatic rings. The van der Waals surface area contributed by atoms with Crippen LogP contribution in [0.4, 0.5) is 5.69 Å². The molecule has 0 radical (unpaired) electrons. The van der Waals surface area contributed by atoms with Crippen LogP contribution >= 0.6 is 11.8 Å². The molecule has 3 aromatic rings. The molecule has 3 aromatic carbocycles. The van der Waals surface area contributed by atoms with Crippen molar-refractivity contribution in [1.29, 1.82) is 0 Å². The van der Waals surface area contributed by atoms with Gasteiger partial charge in [-0.2, -0.15) is 0 Å². The summed E-state index contributed by atoms with van der Waals surface area (Å²) in [6.07, 6.45) is 5.86. The maximum absolute atomic E-state index is 14.2. The van der Waals surface area contributed by atoms with Crippen LogP contribution in [0.3, 0.4) is 0 Å². The van der Waals surface area contributed by atoms with Gasteiger partial charge in [-0.25, -0.2) is 0 Å². The molecule has 0 aromatic heterocycles. The van der Waals surface area contributed by atoms with Crippen molar-refractivity contribution < 1.29 is 28.5 Å². The Morgan fingerprint density at radius 1 is 0.848 bits per heavy atom. The van der Waals surface area contributed by atoms with Crippen LogP contribution in [0.1, 0.15) is 30.4 Å². The van der Waals surface area contributed by atoms with Gasteiger partial charge in [-0.3, -0.25) is 14.5 Å². The molecular weight excluding hydrogens is 602 g/mol. The van der Waals surface area contributed by atoms with E-state index in [2.05, 4.69) is 11.0 Å². The van der Waals surface area contributed by atoms with Crippen LogP contribution in [0.15, 0.2) is 71.6 Å². The van der Waals surface area contributed by atoms with Crippen molar-refractivity contribution in [1.82, 2.24) is 9.80 Å². The van der Waals surface area contributed by atoms with Gasteiger partial charge in [0.15, 0.2) is 11.5 Å². The highest BCUT2D eigenvalue weighted by Crippen LogP contribution is 2.55. The Kier molecular flexibility index (Phi) is 10.8. The minimum atomic E-state index is -0.853. The van der Waals surface area contributed by atoms with Crippen LogP contribution in [0.5, 0.6) is 23.0 Å². The second-order valence-corrected chi connectivity index (χ2v) is 12.7. The van der Waals surface area contributed by atoms with E-state index in [0.29, 0.717) is 42.5 Å². The molecule has 46 heavy (non-hydrogen) atoms. The molecule has 10 heteroatoms. The summed E-state index contributed by atoms with van der Waals surface area (Å²) in [6, 6.07) is 19.3. The molecule has 1 unspecified atom stereocenters. The minimum Gasteiger partial charge on any atom is -0.497 e. The summed E-state index contributed by atoms with van der Waals surface area (Å²) in [5.74, 6) is 2.69. The van der Waals surface area contributed by atoms with E-state index in [1.165, 1.54) is 0 Å². The number of thioether (sulfide) groups is 1. The van der Waals surface area contributed by atoms with Crippen LogP contribution in [0.25, 0.3) is 6.08 Å². The quantitative estimate of drug-likeness (QED) is 0.183. The molecule has 1 saturated heterocycles. The number of anilines is 1. The van der Waals surface area contributed by atoms with Crippen molar-refractivity contribution in [3.63, 3.8) is 0 Å². The van der Waals surface area contributed by atoms with Gasteiger partial charge in [-0.05, 0) is 79.9 Å². The molecule has 9 nitrogen and oxygen atoms in total. The van der Waals surface area contributed by atoms with Crippen LogP contribution in [0.2, 0.25) is 0 Å². The van der Waals surface area contributed by atoms with E-state index in [4.69, 9.17) is 18.9 Å². The lowest BCUT2D eigenvalue weighted by Gasteiger charge is -2.41. The number of likely N-dealkylation sites (N-methyl/N-ethyl adjacent to an activating group) is 1. The molecular formula is C36H43N3O6S. The third-order valence-electron chi connectivity index (χ3n) is 8.77. The van der Waals surface area contributed by atoms with E-state index in [9.17, 15) is 9.59 Å². The number of ether oxygens (including phenoxy) is 4. The number of carbonyl (C=O) groups excluding carboxylic acids is 2. The fraction of sp³-hybridized carbons (Fsp3) is 0.389. The molecule has 0 aliphatic carbocycles. The number of para-hydroxylation sites is 1. The van der Waals surface area contributed by atoms with Crippen LogP contribution in [0, 0.1) is 0 Å². The first-order valence-electron chi connectivity index (χ1n) is 15.5. The Balaban J connectivity index is 1.20. The van der Waals surface area contributed by atoms with E-state index in [1.807, 2.05) is 72.6 Å². The number of rotatable bonds is 12. The number of nitrogens with zero attached hydrogens (tertiary/aromatic N) is 3. The van der Waals surface area contributed by atoms with Crippen molar-refractivity contribution in [2.45, 2.75) is 28.9 Å². The Morgan fingerprint density at radius 3 is 2.28 bits per heavy atom. The second-order valence-electron chi connectivity index (χ2n) is 11.4. The zero-order valence-corrected chi connectivity index (χ0v) is 28.1. The normalized spacial score (nSPS) is 18.4. The summed E-state index contributed by atoms with van der Waals surface area (Å²) in [6.45, 7) is 3.88. The van der Waals surface area contributed by atoms with Crippen molar-refractivity contribution >= 4 is 35.3 Å². The first kappa shape index (κ1) is 33.2. The average molecular weight is 646 g/mol. The number of carbonyl (C=O) groups is 2. The van der Waals surface area contributed by atoms with Crippen molar-refractivity contribution in [2.75, 3.05) is 73.1 Å². The highest BCUT2D eigenvalue weighted by atomic mass is 32.2. The average Bonchev–Trinajstić information content (AvgIpc) is 3.10. The van der Waals surface area contributed by atoms with Gasteiger partial charge in [-0.15, -0.1) is 11.8 Å². The van der Waals surface area contributed by atoms with Crippen LogP contribution < -0.4 is 23.8 Å². The lowest BCUT2D eigenvalue weighted by atomic mass is 9.89. The Morgan fingerprint density at radius 2 is 1.57 bits per heavy atom. The third kappa shape index (κ3) is 6.98. The largest absolute Gasteiger partial charge is 0.497 e. The number of benzene rings is 3. The smallest absolute Gasteiger partial charge is 0.248 e. The minimum absolute atomic E-state index is 0.000787. The van der Waals surface area contributed by atoms with Gasteiger partial charge in [0, 0.05) is 49.8 Å². The van der Waals surface area contributed by atoms with Crippen molar-refractivity contribution in [3.05, 3.63) is 77.9 Å². The van der Waals surface area contributed by atoms with Crippen molar-refractivity contribution in [3.8, 4) is 23.0 Å². The third-order valence-corrected chi connectivity index (χ3v) is 10.3. The fourth-order valence-electron chi connectivity index (χ4n) is 6.16. The van der Waals surface area contributed by atoms with Crippen LogP contribution in [-0.4, -0.2) is 89.8 Å². The zero-order valence-electron chi connectivity index (χ0n) is 27.3. The summed E-state index contributed by atoms with van der Waals surface area (Å²) >= 11 is 1.61. The fourth-order valence-corrected chi connectivity index (χ4v) is 7.73. The van der Waals surface area contributed by atoms with Gasteiger partial charge in [0.2, 0.25) is 11.8 Å². The monoisotopic (exact) mass is 645 g/mol. The molecule has 2 amide bonds. The number of piperazine rings is 1. The molecule has 2 heterocycles. The van der Waals surface area contributed by atoms with Gasteiger partial charge in [0.1, 0.15) is 16.2 Å². The Hall–Kier alpha value is -4.15. The molecule has 0 spiro atoms. The summed E-state index contributed by atoms with van der Waals surface area (Å²) in [5, 5.41) is 0. The molecule has 2 aliphatic heterocycles. The highest BCUT2D eigenvalue weighted by Gasteiger charge is 2.48. The predicted octanol–water partition coefficient (Wildman–Crippen LogP) is 5.71. The van der Waals surface area contributed by atoms with Crippen LogP contribution in [-0.2, 0) is 14.3 Å².